The van der Waals surface area contributed by atoms with Gasteiger partial charge in [-0.2, -0.15) is 0 Å². The molecular formula is C20H25N3O5S. The molecule has 0 aliphatic carbocycles. The van der Waals surface area contributed by atoms with Crippen molar-refractivity contribution in [2.75, 3.05) is 10.6 Å². The van der Waals surface area contributed by atoms with Crippen LogP contribution in [0.15, 0.2) is 48.5 Å². The highest BCUT2D eigenvalue weighted by atomic mass is 32.2. The quantitative estimate of drug-likeness (QED) is 0.521. The molecule has 0 aliphatic rings. The summed E-state index contributed by atoms with van der Waals surface area (Å²) in [6.07, 6.45) is 1.59. The van der Waals surface area contributed by atoms with Gasteiger partial charge in [0.15, 0.2) is 0 Å². The number of benzene rings is 2. The first-order valence-corrected chi connectivity index (χ1v) is 11.0. The van der Waals surface area contributed by atoms with Crippen molar-refractivity contribution in [1.82, 2.24) is 5.32 Å². The minimum Gasteiger partial charge on any atom is -0.347 e. The number of aryl methyl sites for hydroxylation is 1. The van der Waals surface area contributed by atoms with E-state index in [1.54, 1.807) is 0 Å². The molecule has 156 valence electrons. The van der Waals surface area contributed by atoms with Gasteiger partial charge < -0.3 is 5.32 Å². The summed E-state index contributed by atoms with van der Waals surface area (Å²) in [4.78, 5) is 23.3. The molecule has 0 heterocycles. The third-order valence-electron chi connectivity index (χ3n) is 4.59. The average Bonchev–Trinajstić information content (AvgIpc) is 2.66. The van der Waals surface area contributed by atoms with Crippen LogP contribution in [-0.4, -0.2) is 31.5 Å². The summed E-state index contributed by atoms with van der Waals surface area (Å²) in [5.41, 5.74) is 1.82. The largest absolute Gasteiger partial charge is 0.347 e. The maximum atomic E-state index is 12.9. The van der Waals surface area contributed by atoms with Crippen molar-refractivity contribution in [1.29, 1.82) is 0 Å². The van der Waals surface area contributed by atoms with Gasteiger partial charge in [0, 0.05) is 12.1 Å². The Morgan fingerprint density at radius 3 is 2.34 bits per heavy atom. The number of rotatable bonds is 8. The van der Waals surface area contributed by atoms with Gasteiger partial charge >= 0.3 is 0 Å². The fraction of sp³-hybridized carbons (Fsp3) is 0.350. The van der Waals surface area contributed by atoms with Crippen LogP contribution in [0.4, 0.5) is 11.4 Å². The molecule has 2 atom stereocenters. The Morgan fingerprint density at radius 1 is 1.21 bits per heavy atom. The number of sulfonamides is 1. The van der Waals surface area contributed by atoms with E-state index in [0.717, 1.165) is 27.8 Å². The minimum absolute atomic E-state index is 0.0627. The number of amides is 1. The van der Waals surface area contributed by atoms with Gasteiger partial charge in [0.2, 0.25) is 15.9 Å². The van der Waals surface area contributed by atoms with Crippen molar-refractivity contribution in [3.05, 3.63) is 69.8 Å². The van der Waals surface area contributed by atoms with Crippen LogP contribution in [0.25, 0.3) is 0 Å². The highest BCUT2D eigenvalue weighted by Crippen LogP contribution is 2.26. The predicted molar refractivity (Wildman–Crippen MR) is 112 cm³/mol. The Hall–Kier alpha value is -2.94. The third kappa shape index (κ3) is 5.54. The highest BCUT2D eigenvalue weighted by molar-refractivity contribution is 7.92. The SMILES string of the molecule is CC[C@H](NC(=O)[C@@H](C)N(c1cccc([N+](=O)[O-])c1)S(C)(=O)=O)c1ccc(C)cc1. The van der Waals surface area contributed by atoms with Crippen molar-refractivity contribution < 1.29 is 18.1 Å². The van der Waals surface area contributed by atoms with Gasteiger partial charge in [0.1, 0.15) is 6.04 Å². The Morgan fingerprint density at radius 2 is 1.83 bits per heavy atom. The van der Waals surface area contributed by atoms with Crippen LogP contribution in [0.1, 0.15) is 37.4 Å². The summed E-state index contributed by atoms with van der Waals surface area (Å²) in [6.45, 7) is 5.34. The van der Waals surface area contributed by atoms with Gasteiger partial charge in [-0.3, -0.25) is 19.2 Å². The van der Waals surface area contributed by atoms with Crippen molar-refractivity contribution >= 4 is 27.3 Å². The Kier molecular flexibility index (Phi) is 6.97. The number of nitro groups is 1. The fourth-order valence-corrected chi connectivity index (χ4v) is 4.23. The van der Waals surface area contributed by atoms with Crippen molar-refractivity contribution in [3.8, 4) is 0 Å². The number of nitrogens with one attached hydrogen (secondary N) is 1. The molecule has 0 aliphatic heterocycles. The van der Waals surface area contributed by atoms with Gasteiger partial charge in [-0.05, 0) is 31.9 Å². The smallest absolute Gasteiger partial charge is 0.271 e. The monoisotopic (exact) mass is 419 g/mol. The zero-order valence-corrected chi connectivity index (χ0v) is 17.6. The van der Waals surface area contributed by atoms with Gasteiger partial charge in [0.05, 0.1) is 22.9 Å². The molecule has 0 spiro atoms. The van der Waals surface area contributed by atoms with E-state index in [1.165, 1.54) is 25.1 Å². The number of hydrogen-bond donors (Lipinski definition) is 1. The van der Waals surface area contributed by atoms with Crippen LogP contribution in [0.3, 0.4) is 0 Å². The summed E-state index contributed by atoms with van der Waals surface area (Å²) in [5.74, 6) is -0.491. The molecule has 0 fully saturated rings. The molecule has 2 rings (SSSR count). The average molecular weight is 420 g/mol. The molecule has 29 heavy (non-hydrogen) atoms. The van der Waals surface area contributed by atoms with E-state index in [9.17, 15) is 23.3 Å². The number of carbonyl (C=O) groups excluding carboxylic acids is 1. The molecule has 1 N–H and O–H groups in total. The van der Waals surface area contributed by atoms with Crippen molar-refractivity contribution in [2.24, 2.45) is 0 Å². The summed E-state index contributed by atoms with van der Waals surface area (Å²) >= 11 is 0. The zero-order valence-electron chi connectivity index (χ0n) is 16.8. The molecule has 0 aromatic heterocycles. The molecule has 0 unspecified atom stereocenters. The number of hydrogen-bond acceptors (Lipinski definition) is 5. The van der Waals surface area contributed by atoms with Gasteiger partial charge in [0.25, 0.3) is 5.69 Å². The number of carbonyl (C=O) groups is 1. The van der Waals surface area contributed by atoms with Gasteiger partial charge in [-0.15, -0.1) is 0 Å². The molecule has 2 aromatic carbocycles. The lowest BCUT2D eigenvalue weighted by Gasteiger charge is -2.29. The molecular weight excluding hydrogens is 394 g/mol. The standard InChI is InChI=1S/C20H25N3O5S/c1-5-19(16-11-9-14(2)10-12-16)21-20(24)15(3)22(29(4,27)28)17-7-6-8-18(13-17)23(25)26/h6-13,15,19H,5H2,1-4H3,(H,21,24)/t15-,19+/m1/s1. The number of nitro benzene ring substituents is 1. The molecule has 8 nitrogen and oxygen atoms in total. The van der Waals surface area contributed by atoms with Crippen LogP contribution in [-0.2, 0) is 14.8 Å². The molecule has 0 bridgehead atoms. The second kappa shape index (κ2) is 9.04. The number of non-ortho nitro benzene ring substituents is 1. The maximum Gasteiger partial charge on any atom is 0.271 e. The third-order valence-corrected chi connectivity index (χ3v) is 5.83. The topological polar surface area (TPSA) is 110 Å². The summed E-state index contributed by atoms with van der Waals surface area (Å²) in [7, 11) is -3.87. The van der Waals surface area contributed by atoms with Gasteiger partial charge in [-0.25, -0.2) is 8.42 Å². The normalized spacial score (nSPS) is 13.4. The molecule has 1 amide bonds. The first-order valence-electron chi connectivity index (χ1n) is 9.15. The summed E-state index contributed by atoms with van der Waals surface area (Å²) < 4.78 is 25.7. The molecule has 0 saturated carbocycles. The van der Waals surface area contributed by atoms with Crippen molar-refractivity contribution in [3.63, 3.8) is 0 Å². The lowest BCUT2D eigenvalue weighted by atomic mass is 10.0. The summed E-state index contributed by atoms with van der Waals surface area (Å²) in [6, 6.07) is 11.6. The van der Waals surface area contributed by atoms with E-state index in [1.807, 2.05) is 38.1 Å². The second-order valence-electron chi connectivity index (χ2n) is 6.89. The van der Waals surface area contributed by atoms with E-state index in [2.05, 4.69) is 5.32 Å². The van der Waals surface area contributed by atoms with Crippen LogP contribution < -0.4 is 9.62 Å². The second-order valence-corrected chi connectivity index (χ2v) is 8.75. The van der Waals surface area contributed by atoms with E-state index in [-0.39, 0.29) is 17.4 Å². The minimum atomic E-state index is -3.87. The molecule has 0 saturated heterocycles. The Labute approximate surface area is 170 Å². The molecule has 9 heteroatoms. The Bertz CT molecular complexity index is 989. The first-order chi connectivity index (χ1) is 13.5. The van der Waals surface area contributed by atoms with Crippen LogP contribution in [0.2, 0.25) is 0 Å². The lowest BCUT2D eigenvalue weighted by Crippen LogP contribution is -2.48. The van der Waals surface area contributed by atoms with Crippen molar-refractivity contribution in [2.45, 2.75) is 39.3 Å². The Balaban J connectivity index is 2.32. The van der Waals surface area contributed by atoms with Crippen LogP contribution in [0, 0.1) is 17.0 Å². The highest BCUT2D eigenvalue weighted by Gasteiger charge is 2.31. The van der Waals surface area contributed by atoms with E-state index >= 15 is 0 Å². The lowest BCUT2D eigenvalue weighted by molar-refractivity contribution is -0.384. The zero-order chi connectivity index (χ0) is 21.8. The number of nitrogens with zero attached hydrogens (tertiary/aromatic N) is 2. The molecule has 2 aromatic rings. The first kappa shape index (κ1) is 22.4. The maximum absolute atomic E-state index is 12.9. The van der Waals surface area contributed by atoms with Crippen LogP contribution in [0.5, 0.6) is 0 Å². The fourth-order valence-electron chi connectivity index (χ4n) is 3.06. The van der Waals surface area contributed by atoms with E-state index in [4.69, 9.17) is 0 Å². The number of anilines is 1. The van der Waals surface area contributed by atoms with Gasteiger partial charge in [-0.1, -0.05) is 42.8 Å². The van der Waals surface area contributed by atoms with Crippen LogP contribution >= 0.6 is 0 Å². The van der Waals surface area contributed by atoms with E-state index in [0.29, 0.717) is 6.42 Å². The predicted octanol–water partition coefficient (Wildman–Crippen LogP) is 3.33. The van der Waals surface area contributed by atoms with E-state index < -0.39 is 26.9 Å². The summed E-state index contributed by atoms with van der Waals surface area (Å²) in [5, 5.41) is 13.9. The molecule has 0 radical (unpaired) electrons.